The molecule has 3 aromatic rings. The quantitative estimate of drug-likeness (QED) is 0.650. The number of aromatic nitrogens is 3. The van der Waals surface area contributed by atoms with E-state index in [9.17, 15) is 0 Å². The van der Waals surface area contributed by atoms with Crippen LogP contribution in [0.1, 0.15) is 32.0 Å². The highest BCUT2D eigenvalue weighted by Crippen LogP contribution is 2.29. The minimum Gasteiger partial charge on any atom is -0.341 e. The molecular formula is C16H17Cl2N3. The van der Waals surface area contributed by atoms with Gasteiger partial charge in [0.2, 0.25) is 0 Å². The van der Waals surface area contributed by atoms with Gasteiger partial charge in [0.05, 0.1) is 22.8 Å². The maximum absolute atomic E-state index is 6.23. The Bertz CT molecular complexity index is 773. The summed E-state index contributed by atoms with van der Waals surface area (Å²) < 4.78 is 4.14. The second-order valence-electron chi connectivity index (χ2n) is 5.31. The van der Waals surface area contributed by atoms with Crippen LogP contribution in [0.3, 0.4) is 0 Å². The molecule has 0 fully saturated rings. The minimum absolute atomic E-state index is 0.420. The fourth-order valence-electron chi connectivity index (χ4n) is 2.43. The molecule has 0 aliphatic rings. The van der Waals surface area contributed by atoms with Gasteiger partial charge in [-0.05, 0) is 37.6 Å². The first-order valence-electron chi connectivity index (χ1n) is 7.06. The van der Waals surface area contributed by atoms with Gasteiger partial charge in [0.15, 0.2) is 0 Å². The highest BCUT2D eigenvalue weighted by Gasteiger charge is 2.09. The van der Waals surface area contributed by atoms with Crippen molar-refractivity contribution in [3.05, 3.63) is 52.4 Å². The molecule has 0 radical (unpaired) electrons. The maximum Gasteiger partial charge on any atom is 0.0821 e. The first kappa shape index (κ1) is 14.5. The molecule has 0 amide bonds. The molecular weight excluding hydrogens is 305 g/mol. The molecule has 1 atom stereocenters. The lowest BCUT2D eigenvalue weighted by atomic mass is 10.2. The van der Waals surface area contributed by atoms with E-state index in [1.165, 1.54) is 0 Å². The summed E-state index contributed by atoms with van der Waals surface area (Å²) in [5.74, 6) is 0. The number of nitrogens with zero attached hydrogens (tertiary/aromatic N) is 3. The molecule has 1 unspecified atom stereocenters. The van der Waals surface area contributed by atoms with Gasteiger partial charge in [0.1, 0.15) is 0 Å². The van der Waals surface area contributed by atoms with E-state index in [1.54, 1.807) is 6.07 Å². The third-order valence-corrected chi connectivity index (χ3v) is 4.37. The third-order valence-electron chi connectivity index (χ3n) is 3.84. The number of hydrogen-bond donors (Lipinski definition) is 0. The van der Waals surface area contributed by atoms with Gasteiger partial charge < -0.3 is 4.57 Å². The van der Waals surface area contributed by atoms with Crippen molar-refractivity contribution in [2.24, 2.45) is 0 Å². The minimum atomic E-state index is 0.420. The average Bonchev–Trinajstić information content (AvgIpc) is 3.06. The van der Waals surface area contributed by atoms with E-state index in [-0.39, 0.29) is 0 Å². The summed E-state index contributed by atoms with van der Waals surface area (Å²) in [6.07, 6.45) is 5.13. The van der Waals surface area contributed by atoms with E-state index in [4.69, 9.17) is 23.2 Å². The van der Waals surface area contributed by atoms with E-state index in [2.05, 4.69) is 29.6 Å². The molecule has 2 heterocycles. The lowest BCUT2D eigenvalue weighted by molar-refractivity contribution is 0.472. The summed E-state index contributed by atoms with van der Waals surface area (Å²) in [4.78, 5) is 0. The summed E-state index contributed by atoms with van der Waals surface area (Å²) in [5, 5.41) is 6.99. The van der Waals surface area contributed by atoms with Crippen LogP contribution in [0.2, 0.25) is 10.0 Å². The molecule has 0 aliphatic heterocycles. The second-order valence-corrected chi connectivity index (χ2v) is 6.15. The van der Waals surface area contributed by atoms with Gasteiger partial charge in [-0.2, -0.15) is 5.10 Å². The molecule has 5 heteroatoms. The molecule has 21 heavy (non-hydrogen) atoms. The predicted octanol–water partition coefficient (Wildman–Crippen LogP) is 5.16. The van der Waals surface area contributed by atoms with Crippen molar-refractivity contribution in [3.8, 4) is 0 Å². The Morgan fingerprint density at radius 1 is 1.19 bits per heavy atom. The smallest absolute Gasteiger partial charge is 0.0821 e. The lowest BCUT2D eigenvalue weighted by Crippen LogP contribution is -2.06. The van der Waals surface area contributed by atoms with E-state index in [1.807, 2.05) is 29.2 Å². The summed E-state index contributed by atoms with van der Waals surface area (Å²) >= 11 is 12.3. The first-order chi connectivity index (χ1) is 10.1. The highest BCUT2D eigenvalue weighted by atomic mass is 35.5. The number of halogens is 2. The Kier molecular flexibility index (Phi) is 3.96. The molecule has 2 aromatic heterocycles. The monoisotopic (exact) mass is 321 g/mol. The van der Waals surface area contributed by atoms with Crippen molar-refractivity contribution in [2.45, 2.75) is 32.9 Å². The van der Waals surface area contributed by atoms with Crippen molar-refractivity contribution in [3.63, 3.8) is 0 Å². The average molecular weight is 322 g/mol. The fraction of sp³-hybridized carbons (Fsp3) is 0.312. The van der Waals surface area contributed by atoms with Crippen molar-refractivity contribution < 1.29 is 0 Å². The normalized spacial score (nSPS) is 13.0. The van der Waals surface area contributed by atoms with Gasteiger partial charge in [-0.15, -0.1) is 0 Å². The Labute approximate surface area is 134 Å². The standard InChI is InChI=1S/C16H17Cl2N3/c1-3-11(2)21-7-4-13(19-21)10-20-6-5-14-15(18)8-12(17)9-16(14)20/h4-9,11H,3,10H2,1-2H3. The van der Waals surface area contributed by atoms with Crippen LogP contribution in [-0.2, 0) is 6.54 Å². The zero-order valence-corrected chi connectivity index (χ0v) is 13.6. The zero-order valence-electron chi connectivity index (χ0n) is 12.1. The fourth-order valence-corrected chi connectivity index (χ4v) is 2.97. The molecule has 0 saturated carbocycles. The second kappa shape index (κ2) is 5.74. The molecule has 3 rings (SSSR count). The molecule has 1 aromatic carbocycles. The Morgan fingerprint density at radius 2 is 2.00 bits per heavy atom. The van der Waals surface area contributed by atoms with Crippen LogP contribution in [-0.4, -0.2) is 14.3 Å². The molecule has 0 bridgehead atoms. The van der Waals surface area contributed by atoms with Gasteiger partial charge >= 0.3 is 0 Å². The molecule has 0 spiro atoms. The molecule has 0 N–H and O–H groups in total. The summed E-state index contributed by atoms with van der Waals surface area (Å²) in [6, 6.07) is 8.20. The summed E-state index contributed by atoms with van der Waals surface area (Å²) in [6.45, 7) is 5.04. The Balaban J connectivity index is 1.93. The molecule has 3 nitrogen and oxygen atoms in total. The van der Waals surface area contributed by atoms with Gasteiger partial charge in [-0.25, -0.2) is 0 Å². The number of fused-ring (bicyclic) bond motifs is 1. The van der Waals surface area contributed by atoms with E-state index < -0.39 is 0 Å². The SMILES string of the molecule is CCC(C)n1ccc(Cn2ccc3c(Cl)cc(Cl)cc32)n1. The molecule has 0 saturated heterocycles. The summed E-state index contributed by atoms with van der Waals surface area (Å²) in [5.41, 5.74) is 2.06. The maximum atomic E-state index is 6.23. The Hall–Kier alpha value is -1.45. The topological polar surface area (TPSA) is 22.8 Å². The number of benzene rings is 1. The highest BCUT2D eigenvalue weighted by molar-refractivity contribution is 6.38. The van der Waals surface area contributed by atoms with Crippen LogP contribution >= 0.6 is 23.2 Å². The van der Waals surface area contributed by atoms with Gasteiger partial charge in [-0.3, -0.25) is 4.68 Å². The van der Waals surface area contributed by atoms with Crippen LogP contribution in [0.4, 0.5) is 0 Å². The summed E-state index contributed by atoms with van der Waals surface area (Å²) in [7, 11) is 0. The zero-order chi connectivity index (χ0) is 15.0. The lowest BCUT2D eigenvalue weighted by Gasteiger charge is -2.08. The van der Waals surface area contributed by atoms with Crippen LogP contribution in [0.15, 0.2) is 36.7 Å². The molecule has 0 aliphatic carbocycles. The number of hydrogen-bond acceptors (Lipinski definition) is 1. The van der Waals surface area contributed by atoms with Crippen LogP contribution in [0, 0.1) is 0 Å². The van der Waals surface area contributed by atoms with Crippen molar-refractivity contribution in [2.75, 3.05) is 0 Å². The van der Waals surface area contributed by atoms with Crippen molar-refractivity contribution in [1.82, 2.24) is 14.3 Å². The van der Waals surface area contributed by atoms with E-state index in [0.717, 1.165) is 23.0 Å². The van der Waals surface area contributed by atoms with E-state index in [0.29, 0.717) is 22.6 Å². The molecule has 110 valence electrons. The van der Waals surface area contributed by atoms with E-state index >= 15 is 0 Å². The van der Waals surface area contributed by atoms with Crippen LogP contribution < -0.4 is 0 Å². The van der Waals surface area contributed by atoms with Gasteiger partial charge in [0, 0.05) is 28.8 Å². The Morgan fingerprint density at radius 3 is 2.76 bits per heavy atom. The van der Waals surface area contributed by atoms with Crippen molar-refractivity contribution >= 4 is 34.1 Å². The van der Waals surface area contributed by atoms with Gasteiger partial charge in [-0.1, -0.05) is 30.1 Å². The third kappa shape index (κ3) is 2.81. The van der Waals surface area contributed by atoms with Crippen LogP contribution in [0.5, 0.6) is 0 Å². The predicted molar refractivity (Wildman–Crippen MR) is 88.3 cm³/mol. The van der Waals surface area contributed by atoms with Crippen molar-refractivity contribution in [1.29, 1.82) is 0 Å². The largest absolute Gasteiger partial charge is 0.341 e. The van der Waals surface area contributed by atoms with Gasteiger partial charge in [0.25, 0.3) is 0 Å². The first-order valence-corrected chi connectivity index (χ1v) is 7.82. The van der Waals surface area contributed by atoms with Crippen LogP contribution in [0.25, 0.3) is 10.9 Å². The number of rotatable bonds is 4.